The summed E-state index contributed by atoms with van der Waals surface area (Å²) in [6.07, 6.45) is -0.542. The Balaban J connectivity index is 2.90. The van der Waals surface area contributed by atoms with E-state index in [-0.39, 0.29) is 18.7 Å². The van der Waals surface area contributed by atoms with Crippen LogP contribution in [0.2, 0.25) is 0 Å². The molecule has 0 bridgehead atoms. The predicted molar refractivity (Wildman–Crippen MR) is 104 cm³/mol. The molecule has 0 spiro atoms. The highest BCUT2D eigenvalue weighted by Gasteiger charge is 2.38. The summed E-state index contributed by atoms with van der Waals surface area (Å²) in [5.74, 6) is -6.24. The maximum Gasteiger partial charge on any atom is 0.327 e. The monoisotopic (exact) mass is 447 g/mol. The number of primary amides is 1. The molecule has 1 fully saturated rings. The number of hydrogen-bond donors (Lipinski definition) is 7. The molecule has 4 atom stereocenters. The average Bonchev–Trinajstić information content (AvgIpc) is 3.13. The molecule has 0 saturated carbocycles. The van der Waals surface area contributed by atoms with Crippen molar-refractivity contribution in [2.45, 2.75) is 49.9 Å². The van der Waals surface area contributed by atoms with Gasteiger partial charge in [0, 0.05) is 12.3 Å². The van der Waals surface area contributed by atoms with Gasteiger partial charge in [0.2, 0.25) is 23.6 Å². The van der Waals surface area contributed by atoms with Gasteiger partial charge in [0.15, 0.2) is 0 Å². The highest BCUT2D eigenvalue weighted by Crippen LogP contribution is 2.19. The Morgan fingerprint density at radius 2 is 1.70 bits per heavy atom. The van der Waals surface area contributed by atoms with E-state index in [1.807, 2.05) is 0 Å². The van der Waals surface area contributed by atoms with E-state index >= 15 is 0 Å². The van der Waals surface area contributed by atoms with Crippen LogP contribution in [0.4, 0.5) is 0 Å². The normalized spacial score (nSPS) is 18.7. The van der Waals surface area contributed by atoms with Gasteiger partial charge in [-0.25, -0.2) is 4.79 Å². The van der Waals surface area contributed by atoms with Crippen LogP contribution in [0.5, 0.6) is 0 Å². The summed E-state index contributed by atoms with van der Waals surface area (Å²) in [7, 11) is 0. The second-order valence-corrected chi connectivity index (χ2v) is 7.07. The summed E-state index contributed by atoms with van der Waals surface area (Å²) < 4.78 is 0. The Morgan fingerprint density at radius 1 is 1.07 bits per heavy atom. The van der Waals surface area contributed by atoms with Gasteiger partial charge in [-0.15, -0.1) is 0 Å². The first-order chi connectivity index (χ1) is 14.0. The summed E-state index contributed by atoms with van der Waals surface area (Å²) >= 11 is 3.81. The minimum Gasteiger partial charge on any atom is -0.481 e. The quantitative estimate of drug-likeness (QED) is 0.157. The molecule has 0 aromatic carbocycles. The third-order valence-electron chi connectivity index (χ3n) is 4.39. The number of thiol groups is 1. The van der Waals surface area contributed by atoms with E-state index in [1.165, 1.54) is 0 Å². The standard InChI is InChI=1S/C16H25N5O8S/c17-7(4-12(23)24)15(27)21-3-1-2-10(21)14(26)19-8(5-11(18)22)13(25)20-9(6-30)16(28)29/h7-10,30H,1-6,17H2,(H2,18,22)(H,19,26)(H,20,25)(H,23,24)(H,28,29). The third-order valence-corrected chi connectivity index (χ3v) is 4.75. The molecule has 1 aliphatic heterocycles. The molecule has 1 aliphatic rings. The number of hydrogen-bond acceptors (Lipinski definition) is 8. The lowest BCUT2D eigenvalue weighted by molar-refractivity contribution is -0.144. The van der Waals surface area contributed by atoms with Crippen LogP contribution in [-0.2, 0) is 28.8 Å². The van der Waals surface area contributed by atoms with Crippen molar-refractivity contribution in [1.82, 2.24) is 15.5 Å². The highest BCUT2D eigenvalue weighted by atomic mass is 32.1. The largest absolute Gasteiger partial charge is 0.481 e. The van der Waals surface area contributed by atoms with E-state index in [0.717, 1.165) is 4.90 Å². The summed E-state index contributed by atoms with van der Waals surface area (Å²) in [5, 5.41) is 22.2. The van der Waals surface area contributed by atoms with Crippen LogP contribution in [0.3, 0.4) is 0 Å². The molecule has 1 heterocycles. The molecule has 8 N–H and O–H groups in total. The van der Waals surface area contributed by atoms with Gasteiger partial charge in [0.25, 0.3) is 0 Å². The highest BCUT2D eigenvalue weighted by molar-refractivity contribution is 7.80. The maximum atomic E-state index is 12.7. The molecule has 0 aromatic rings. The number of nitrogens with zero attached hydrogens (tertiary/aromatic N) is 1. The van der Waals surface area contributed by atoms with Crippen LogP contribution >= 0.6 is 12.6 Å². The molecule has 14 heteroatoms. The molecule has 0 aromatic heterocycles. The summed E-state index contributed by atoms with van der Waals surface area (Å²) in [6.45, 7) is 0.164. The number of amides is 4. The molecular formula is C16H25N5O8S. The van der Waals surface area contributed by atoms with Crippen LogP contribution in [0.1, 0.15) is 25.7 Å². The van der Waals surface area contributed by atoms with E-state index in [4.69, 9.17) is 21.7 Å². The molecule has 1 saturated heterocycles. The lowest BCUT2D eigenvalue weighted by atomic mass is 10.1. The van der Waals surface area contributed by atoms with Gasteiger partial charge in [-0.3, -0.25) is 24.0 Å². The molecule has 4 unspecified atom stereocenters. The first kappa shape index (κ1) is 25.2. The number of nitrogens with one attached hydrogen (secondary N) is 2. The number of aliphatic carboxylic acids is 2. The number of likely N-dealkylation sites (tertiary alicyclic amines) is 1. The second kappa shape index (κ2) is 11.3. The van der Waals surface area contributed by atoms with Gasteiger partial charge in [0.1, 0.15) is 18.1 Å². The van der Waals surface area contributed by atoms with Gasteiger partial charge < -0.3 is 37.2 Å². The maximum absolute atomic E-state index is 12.7. The SMILES string of the molecule is NC(=O)CC(NC(=O)C1CCCN1C(=O)C(N)CC(=O)O)C(=O)NC(CS)C(=O)O. The molecule has 0 aliphatic carbocycles. The van der Waals surface area contributed by atoms with Gasteiger partial charge in [-0.1, -0.05) is 0 Å². The van der Waals surface area contributed by atoms with Crippen molar-refractivity contribution in [3.05, 3.63) is 0 Å². The number of nitrogens with two attached hydrogens (primary N) is 2. The third kappa shape index (κ3) is 7.18. The van der Waals surface area contributed by atoms with Crippen molar-refractivity contribution in [3.63, 3.8) is 0 Å². The Bertz CT molecular complexity index is 718. The van der Waals surface area contributed by atoms with Crippen molar-refractivity contribution < 1.29 is 39.0 Å². The lowest BCUT2D eigenvalue weighted by Gasteiger charge is -2.28. The van der Waals surface area contributed by atoms with E-state index in [1.54, 1.807) is 0 Å². The topological polar surface area (TPSA) is 222 Å². The zero-order chi connectivity index (χ0) is 23.0. The molecule has 13 nitrogen and oxygen atoms in total. The average molecular weight is 447 g/mol. The van der Waals surface area contributed by atoms with E-state index in [9.17, 15) is 28.8 Å². The Labute approximate surface area is 176 Å². The molecular weight excluding hydrogens is 422 g/mol. The van der Waals surface area contributed by atoms with Crippen molar-refractivity contribution in [1.29, 1.82) is 0 Å². The summed E-state index contributed by atoms with van der Waals surface area (Å²) in [6, 6.07) is -5.19. The minimum absolute atomic E-state index is 0.164. The number of carboxylic acids is 2. The lowest BCUT2D eigenvalue weighted by Crippen LogP contribution is -2.57. The smallest absolute Gasteiger partial charge is 0.327 e. The van der Waals surface area contributed by atoms with Gasteiger partial charge >= 0.3 is 11.9 Å². The fraction of sp³-hybridized carbons (Fsp3) is 0.625. The Morgan fingerprint density at radius 3 is 2.20 bits per heavy atom. The van der Waals surface area contributed by atoms with Crippen LogP contribution in [0.25, 0.3) is 0 Å². The molecule has 168 valence electrons. The Kier molecular flexibility index (Phi) is 9.52. The zero-order valence-electron chi connectivity index (χ0n) is 15.9. The first-order valence-corrected chi connectivity index (χ1v) is 9.61. The Hall–Kier alpha value is -2.87. The minimum atomic E-state index is -1.47. The summed E-state index contributed by atoms with van der Waals surface area (Å²) in [4.78, 5) is 71.6. The van der Waals surface area contributed by atoms with E-state index in [0.29, 0.717) is 6.42 Å². The van der Waals surface area contributed by atoms with Crippen LogP contribution in [0, 0.1) is 0 Å². The van der Waals surface area contributed by atoms with Crippen LogP contribution < -0.4 is 22.1 Å². The van der Waals surface area contributed by atoms with Crippen LogP contribution in [0.15, 0.2) is 0 Å². The van der Waals surface area contributed by atoms with Crippen molar-refractivity contribution in [2.75, 3.05) is 12.3 Å². The molecule has 30 heavy (non-hydrogen) atoms. The van der Waals surface area contributed by atoms with Crippen LogP contribution in [-0.4, -0.2) is 87.1 Å². The number of carbonyl (C=O) groups excluding carboxylic acids is 4. The predicted octanol–water partition coefficient (Wildman–Crippen LogP) is -3.36. The van der Waals surface area contributed by atoms with Crippen molar-refractivity contribution in [3.8, 4) is 0 Å². The molecule has 1 rings (SSSR count). The zero-order valence-corrected chi connectivity index (χ0v) is 16.8. The molecule has 0 radical (unpaired) electrons. The van der Waals surface area contributed by atoms with Gasteiger partial charge in [-0.05, 0) is 12.8 Å². The first-order valence-electron chi connectivity index (χ1n) is 8.98. The second-order valence-electron chi connectivity index (χ2n) is 6.71. The number of rotatable bonds is 11. The summed E-state index contributed by atoms with van der Waals surface area (Å²) in [5.41, 5.74) is 10.7. The van der Waals surface area contributed by atoms with E-state index in [2.05, 4.69) is 23.3 Å². The molecule has 4 amide bonds. The number of carbonyl (C=O) groups is 6. The van der Waals surface area contributed by atoms with Gasteiger partial charge in [-0.2, -0.15) is 12.6 Å². The van der Waals surface area contributed by atoms with Gasteiger partial charge in [0.05, 0.1) is 18.9 Å². The van der Waals surface area contributed by atoms with Crippen molar-refractivity contribution >= 4 is 48.2 Å². The number of carboxylic acid groups (broad SMARTS) is 2. The fourth-order valence-corrected chi connectivity index (χ4v) is 3.18. The van der Waals surface area contributed by atoms with Crippen molar-refractivity contribution in [2.24, 2.45) is 11.5 Å². The van der Waals surface area contributed by atoms with E-state index < -0.39 is 72.6 Å². The fourth-order valence-electron chi connectivity index (χ4n) is 2.93.